The van der Waals surface area contributed by atoms with Gasteiger partial charge in [-0.1, -0.05) is 12.1 Å². The molecule has 3 aromatic rings. The maximum atomic E-state index is 14.1. The van der Waals surface area contributed by atoms with Gasteiger partial charge in [0.25, 0.3) is 0 Å². The van der Waals surface area contributed by atoms with E-state index in [1.807, 2.05) is 41.8 Å². The minimum absolute atomic E-state index is 0.183. The van der Waals surface area contributed by atoms with Crippen LogP contribution in [0.2, 0.25) is 0 Å². The Bertz CT molecular complexity index is 754. The summed E-state index contributed by atoms with van der Waals surface area (Å²) in [6.07, 6.45) is 1.85. The van der Waals surface area contributed by atoms with Crippen molar-refractivity contribution in [1.82, 2.24) is 14.6 Å². The third-order valence-corrected chi connectivity index (χ3v) is 3.98. The molecule has 102 valence electrons. The molecule has 4 nitrogen and oxygen atoms in total. The molecule has 20 heavy (non-hydrogen) atoms. The zero-order valence-electron chi connectivity index (χ0n) is 10.8. The van der Waals surface area contributed by atoms with Crippen molar-refractivity contribution in [2.75, 3.05) is 0 Å². The topological polar surface area (TPSA) is 56.2 Å². The molecule has 6 heteroatoms. The fourth-order valence-electron chi connectivity index (χ4n) is 1.87. The number of benzene rings is 1. The second-order valence-corrected chi connectivity index (χ2v) is 5.50. The van der Waals surface area contributed by atoms with E-state index in [-0.39, 0.29) is 11.9 Å². The molecule has 0 spiro atoms. The van der Waals surface area contributed by atoms with Gasteiger partial charge in [-0.2, -0.15) is 0 Å². The zero-order valence-corrected chi connectivity index (χ0v) is 11.6. The Balaban J connectivity index is 1.95. The first-order valence-electron chi connectivity index (χ1n) is 6.18. The van der Waals surface area contributed by atoms with Crippen LogP contribution < -0.4 is 5.73 Å². The van der Waals surface area contributed by atoms with Crippen LogP contribution in [0.4, 0.5) is 4.39 Å². The minimum Gasteiger partial charge on any atom is -0.324 e. The molecule has 0 saturated heterocycles. The van der Waals surface area contributed by atoms with Crippen molar-refractivity contribution < 1.29 is 4.39 Å². The second kappa shape index (κ2) is 5.22. The maximum Gasteiger partial charge on any atom is 0.200 e. The number of nitrogens with two attached hydrogens (primary N) is 1. The summed E-state index contributed by atoms with van der Waals surface area (Å²) in [5.74, 6) is -0.294. The second-order valence-electron chi connectivity index (χ2n) is 4.49. The molecule has 0 aliphatic heterocycles. The van der Waals surface area contributed by atoms with Gasteiger partial charge in [-0.05, 0) is 48.5 Å². The zero-order chi connectivity index (χ0) is 14.1. The van der Waals surface area contributed by atoms with Gasteiger partial charge in [-0.25, -0.2) is 4.39 Å². The third-order valence-electron chi connectivity index (χ3n) is 2.97. The van der Waals surface area contributed by atoms with Crippen LogP contribution in [-0.4, -0.2) is 14.6 Å². The van der Waals surface area contributed by atoms with Crippen molar-refractivity contribution in [1.29, 1.82) is 0 Å². The van der Waals surface area contributed by atoms with E-state index in [0.717, 1.165) is 11.2 Å². The summed E-state index contributed by atoms with van der Waals surface area (Å²) in [5, 5.41) is 8.75. The van der Waals surface area contributed by atoms with Crippen LogP contribution in [0.3, 0.4) is 0 Å². The predicted octanol–water partition coefficient (Wildman–Crippen LogP) is 3.04. The lowest BCUT2D eigenvalue weighted by Gasteiger charge is -2.07. The van der Waals surface area contributed by atoms with Crippen LogP contribution in [-0.2, 0) is 0 Å². The van der Waals surface area contributed by atoms with Gasteiger partial charge in [-0.15, -0.1) is 10.2 Å². The molecule has 0 amide bonds. The lowest BCUT2D eigenvalue weighted by atomic mass is 10.1. The smallest absolute Gasteiger partial charge is 0.200 e. The van der Waals surface area contributed by atoms with Gasteiger partial charge in [0.05, 0.1) is 4.90 Å². The largest absolute Gasteiger partial charge is 0.324 e. The summed E-state index contributed by atoms with van der Waals surface area (Å²) in [4.78, 5) is 0.507. The van der Waals surface area contributed by atoms with Crippen LogP contribution >= 0.6 is 11.8 Å². The van der Waals surface area contributed by atoms with Crippen molar-refractivity contribution in [3.05, 3.63) is 54.0 Å². The third kappa shape index (κ3) is 2.39. The molecular weight excluding hydrogens is 275 g/mol. The summed E-state index contributed by atoms with van der Waals surface area (Å²) >= 11 is 1.24. The quantitative estimate of drug-likeness (QED) is 0.805. The maximum absolute atomic E-state index is 14.1. The number of hydrogen-bond donors (Lipinski definition) is 1. The van der Waals surface area contributed by atoms with E-state index in [9.17, 15) is 4.39 Å². The SMILES string of the molecule is CC(N)c1ccc(Sc2nnc3ccccn23)c(F)c1. The standard InChI is InChI=1S/C14H13FN4S/c1-9(16)10-5-6-12(11(15)8-10)20-14-18-17-13-4-2-3-7-19(13)14/h2-9H,16H2,1H3. The van der Waals surface area contributed by atoms with Gasteiger partial charge in [0.1, 0.15) is 5.82 Å². The van der Waals surface area contributed by atoms with Crippen molar-refractivity contribution >= 4 is 17.4 Å². The van der Waals surface area contributed by atoms with Crippen molar-refractivity contribution in [2.24, 2.45) is 5.73 Å². The monoisotopic (exact) mass is 288 g/mol. The molecule has 2 heterocycles. The average molecular weight is 288 g/mol. The first kappa shape index (κ1) is 13.1. The van der Waals surface area contributed by atoms with E-state index in [1.165, 1.54) is 17.8 Å². The summed E-state index contributed by atoms with van der Waals surface area (Å²) in [7, 11) is 0. The van der Waals surface area contributed by atoms with Gasteiger partial charge in [0, 0.05) is 12.2 Å². The van der Waals surface area contributed by atoms with Gasteiger partial charge >= 0.3 is 0 Å². The molecule has 0 aliphatic carbocycles. The summed E-state index contributed by atoms with van der Waals surface area (Å²) in [5.41, 5.74) is 7.26. The van der Waals surface area contributed by atoms with E-state index < -0.39 is 0 Å². The van der Waals surface area contributed by atoms with Crippen LogP contribution in [0.5, 0.6) is 0 Å². The Labute approximate surface area is 119 Å². The van der Waals surface area contributed by atoms with Crippen LogP contribution in [0.25, 0.3) is 5.65 Å². The molecule has 3 rings (SSSR count). The molecule has 0 fully saturated rings. The van der Waals surface area contributed by atoms with E-state index >= 15 is 0 Å². The van der Waals surface area contributed by atoms with E-state index in [2.05, 4.69) is 10.2 Å². The molecule has 1 atom stereocenters. The number of pyridine rings is 1. The highest BCUT2D eigenvalue weighted by Crippen LogP contribution is 2.30. The number of halogens is 1. The fourth-order valence-corrected chi connectivity index (χ4v) is 2.69. The van der Waals surface area contributed by atoms with Crippen molar-refractivity contribution in [3.63, 3.8) is 0 Å². The first-order chi connectivity index (χ1) is 9.65. The number of aromatic nitrogens is 3. The molecule has 0 aliphatic rings. The summed E-state index contributed by atoms with van der Waals surface area (Å²) in [6, 6.07) is 10.5. The summed E-state index contributed by atoms with van der Waals surface area (Å²) in [6.45, 7) is 1.83. The normalized spacial score (nSPS) is 12.8. The first-order valence-corrected chi connectivity index (χ1v) is 6.99. The number of fused-ring (bicyclic) bond motifs is 1. The Morgan fingerprint density at radius 1 is 1.25 bits per heavy atom. The Hall–Kier alpha value is -1.92. The van der Waals surface area contributed by atoms with E-state index in [4.69, 9.17) is 5.73 Å². The van der Waals surface area contributed by atoms with Crippen LogP contribution in [0, 0.1) is 5.82 Å². The van der Waals surface area contributed by atoms with Gasteiger partial charge in [0.15, 0.2) is 5.65 Å². The number of hydrogen-bond acceptors (Lipinski definition) is 4. The number of rotatable bonds is 3. The van der Waals surface area contributed by atoms with Crippen molar-refractivity contribution in [3.8, 4) is 0 Å². The molecule has 0 saturated carbocycles. The number of nitrogens with zero attached hydrogens (tertiary/aromatic N) is 3. The molecular formula is C14H13FN4S. The molecule has 2 aromatic heterocycles. The fraction of sp³-hybridized carbons (Fsp3) is 0.143. The van der Waals surface area contributed by atoms with E-state index in [0.29, 0.717) is 10.1 Å². The molecule has 0 bridgehead atoms. The van der Waals surface area contributed by atoms with Crippen LogP contribution in [0.15, 0.2) is 52.6 Å². The summed E-state index contributed by atoms with van der Waals surface area (Å²) < 4.78 is 15.9. The molecule has 0 radical (unpaired) electrons. The Morgan fingerprint density at radius 2 is 2.10 bits per heavy atom. The highest BCUT2D eigenvalue weighted by Gasteiger charge is 2.11. The lowest BCUT2D eigenvalue weighted by Crippen LogP contribution is -2.05. The highest BCUT2D eigenvalue weighted by atomic mass is 32.2. The van der Waals surface area contributed by atoms with E-state index in [1.54, 1.807) is 6.07 Å². The lowest BCUT2D eigenvalue weighted by molar-refractivity contribution is 0.596. The molecule has 2 N–H and O–H groups in total. The van der Waals surface area contributed by atoms with Gasteiger partial charge in [0.2, 0.25) is 5.16 Å². The van der Waals surface area contributed by atoms with Gasteiger partial charge in [-0.3, -0.25) is 4.40 Å². The predicted molar refractivity (Wildman–Crippen MR) is 76.1 cm³/mol. The minimum atomic E-state index is -0.294. The molecule has 1 unspecified atom stereocenters. The highest BCUT2D eigenvalue weighted by molar-refractivity contribution is 7.99. The van der Waals surface area contributed by atoms with Gasteiger partial charge < -0.3 is 5.73 Å². The average Bonchev–Trinajstić information content (AvgIpc) is 2.84. The van der Waals surface area contributed by atoms with Crippen molar-refractivity contribution in [2.45, 2.75) is 23.0 Å². The Morgan fingerprint density at radius 3 is 2.85 bits per heavy atom. The Kier molecular flexibility index (Phi) is 3.42. The van der Waals surface area contributed by atoms with Crippen LogP contribution in [0.1, 0.15) is 18.5 Å². The molecule has 1 aromatic carbocycles.